The molecule has 0 saturated heterocycles. The lowest BCUT2D eigenvalue weighted by Crippen LogP contribution is -2.28. The van der Waals surface area contributed by atoms with Gasteiger partial charge in [0.25, 0.3) is 0 Å². The number of amides is 1. The van der Waals surface area contributed by atoms with Crippen LogP contribution in [0.2, 0.25) is 0 Å². The maximum Gasteiger partial charge on any atom is 0.224 e. The number of carbonyl (C=O) groups excluding carboxylic acids is 1. The third-order valence-electron chi connectivity index (χ3n) is 4.52. The molecule has 0 aliphatic heterocycles. The summed E-state index contributed by atoms with van der Waals surface area (Å²) in [6.07, 6.45) is 1.45. The molecule has 2 heteroatoms. The predicted molar refractivity (Wildman–Crippen MR) is 96.7 cm³/mol. The Kier molecular flexibility index (Phi) is 5.59. The van der Waals surface area contributed by atoms with Gasteiger partial charge in [-0.3, -0.25) is 4.79 Å². The van der Waals surface area contributed by atoms with Crippen LogP contribution >= 0.6 is 0 Å². The number of nitrogens with one attached hydrogen (secondary N) is 1. The van der Waals surface area contributed by atoms with E-state index in [1.807, 2.05) is 12.1 Å². The Morgan fingerprint density at radius 1 is 0.957 bits per heavy atom. The zero-order chi connectivity index (χ0) is 17.0. The summed E-state index contributed by atoms with van der Waals surface area (Å²) >= 11 is 0. The Labute approximate surface area is 139 Å². The summed E-state index contributed by atoms with van der Waals surface area (Å²) < 4.78 is 0. The van der Waals surface area contributed by atoms with Gasteiger partial charge in [-0.05, 0) is 67.5 Å². The fraction of sp³-hybridized carbons (Fsp3) is 0.381. The fourth-order valence-electron chi connectivity index (χ4n) is 2.90. The van der Waals surface area contributed by atoms with E-state index in [2.05, 4.69) is 64.2 Å². The summed E-state index contributed by atoms with van der Waals surface area (Å²) in [7, 11) is 0. The molecule has 2 aromatic rings. The Morgan fingerprint density at radius 2 is 1.52 bits per heavy atom. The molecule has 0 saturated carbocycles. The van der Waals surface area contributed by atoms with Gasteiger partial charge in [-0.1, -0.05) is 43.3 Å². The first-order valence-corrected chi connectivity index (χ1v) is 8.35. The van der Waals surface area contributed by atoms with E-state index in [4.69, 9.17) is 0 Å². The van der Waals surface area contributed by atoms with Crippen molar-refractivity contribution in [3.63, 3.8) is 0 Å². The molecule has 0 bridgehead atoms. The molecule has 1 N–H and O–H groups in total. The highest BCUT2D eigenvalue weighted by Crippen LogP contribution is 2.21. The molecule has 2 rings (SSSR count). The molecule has 1 atom stereocenters. The second-order valence-corrected chi connectivity index (χ2v) is 6.43. The predicted octanol–water partition coefficient (Wildman–Crippen LogP) is 4.59. The Hall–Kier alpha value is -2.09. The number of benzene rings is 2. The number of carbonyl (C=O) groups is 1. The molecular weight excluding hydrogens is 282 g/mol. The zero-order valence-electron chi connectivity index (χ0n) is 14.9. The van der Waals surface area contributed by atoms with Crippen molar-refractivity contribution < 1.29 is 4.79 Å². The van der Waals surface area contributed by atoms with Gasteiger partial charge in [0.15, 0.2) is 0 Å². The minimum absolute atomic E-state index is 0.0247. The van der Waals surface area contributed by atoms with E-state index in [0.717, 1.165) is 12.0 Å². The van der Waals surface area contributed by atoms with Crippen LogP contribution in [0.1, 0.15) is 53.3 Å². The highest BCUT2D eigenvalue weighted by Gasteiger charge is 2.13. The minimum Gasteiger partial charge on any atom is -0.349 e. The molecule has 0 radical (unpaired) electrons. The van der Waals surface area contributed by atoms with Crippen LogP contribution in [-0.2, 0) is 17.6 Å². The summed E-state index contributed by atoms with van der Waals surface area (Å²) in [6, 6.07) is 12.7. The normalized spacial score (nSPS) is 12.0. The van der Waals surface area contributed by atoms with E-state index in [1.165, 1.54) is 27.8 Å². The second-order valence-electron chi connectivity index (χ2n) is 6.43. The number of aryl methyl sites for hydroxylation is 4. The van der Waals surface area contributed by atoms with Gasteiger partial charge < -0.3 is 5.32 Å². The first-order valence-electron chi connectivity index (χ1n) is 8.35. The summed E-state index contributed by atoms with van der Waals surface area (Å²) in [4.78, 5) is 12.3. The summed E-state index contributed by atoms with van der Waals surface area (Å²) in [5, 5.41) is 3.12. The highest BCUT2D eigenvalue weighted by atomic mass is 16.1. The van der Waals surface area contributed by atoms with Crippen molar-refractivity contribution >= 4 is 5.91 Å². The minimum atomic E-state index is 0.0247. The first-order chi connectivity index (χ1) is 10.9. The molecule has 0 aromatic heterocycles. The molecular formula is C21H27NO. The fourth-order valence-corrected chi connectivity index (χ4v) is 2.90. The van der Waals surface area contributed by atoms with E-state index in [-0.39, 0.29) is 11.9 Å². The zero-order valence-corrected chi connectivity index (χ0v) is 14.9. The second kappa shape index (κ2) is 7.45. The Morgan fingerprint density at radius 3 is 2.13 bits per heavy atom. The maximum absolute atomic E-state index is 12.3. The monoisotopic (exact) mass is 309 g/mol. The quantitative estimate of drug-likeness (QED) is 0.859. The third-order valence-corrected chi connectivity index (χ3v) is 4.52. The van der Waals surface area contributed by atoms with Crippen LogP contribution in [0.25, 0.3) is 0 Å². The van der Waals surface area contributed by atoms with Gasteiger partial charge in [-0.2, -0.15) is 0 Å². The van der Waals surface area contributed by atoms with Crippen LogP contribution < -0.4 is 5.32 Å². The number of rotatable bonds is 5. The first kappa shape index (κ1) is 17.3. The Balaban J connectivity index is 2.03. The standard InChI is InChI=1S/C21H27NO/c1-6-18-7-9-19(10-8-18)13-21(23)22-17(5)20-12-15(3)14(2)11-16(20)4/h7-12,17H,6,13H2,1-5H3,(H,22,23)/t17-/m0/s1. The van der Waals surface area contributed by atoms with Gasteiger partial charge in [0, 0.05) is 0 Å². The number of hydrogen-bond donors (Lipinski definition) is 1. The van der Waals surface area contributed by atoms with Crippen molar-refractivity contribution in [1.29, 1.82) is 0 Å². The third kappa shape index (κ3) is 4.44. The van der Waals surface area contributed by atoms with Gasteiger partial charge in [0.05, 0.1) is 12.5 Å². The van der Waals surface area contributed by atoms with Crippen LogP contribution in [0, 0.1) is 20.8 Å². The lowest BCUT2D eigenvalue weighted by Gasteiger charge is -2.18. The average Bonchev–Trinajstić information content (AvgIpc) is 2.51. The van der Waals surface area contributed by atoms with E-state index < -0.39 is 0 Å². The highest BCUT2D eigenvalue weighted by molar-refractivity contribution is 5.79. The van der Waals surface area contributed by atoms with Crippen LogP contribution in [-0.4, -0.2) is 5.91 Å². The van der Waals surface area contributed by atoms with Crippen LogP contribution in [0.15, 0.2) is 36.4 Å². The van der Waals surface area contributed by atoms with Crippen molar-refractivity contribution in [3.8, 4) is 0 Å². The van der Waals surface area contributed by atoms with E-state index >= 15 is 0 Å². The van der Waals surface area contributed by atoms with Crippen molar-refractivity contribution in [2.75, 3.05) is 0 Å². The Bertz CT molecular complexity index is 686. The van der Waals surface area contributed by atoms with Crippen LogP contribution in [0.4, 0.5) is 0 Å². The van der Waals surface area contributed by atoms with Crippen molar-refractivity contribution in [2.24, 2.45) is 0 Å². The molecule has 0 aliphatic carbocycles. The van der Waals surface area contributed by atoms with Gasteiger partial charge in [-0.15, -0.1) is 0 Å². The molecule has 2 aromatic carbocycles. The van der Waals surface area contributed by atoms with Gasteiger partial charge in [0.1, 0.15) is 0 Å². The molecule has 2 nitrogen and oxygen atoms in total. The van der Waals surface area contributed by atoms with Crippen LogP contribution in [0.3, 0.4) is 0 Å². The lowest BCUT2D eigenvalue weighted by molar-refractivity contribution is -0.121. The van der Waals surface area contributed by atoms with Crippen LogP contribution in [0.5, 0.6) is 0 Å². The van der Waals surface area contributed by atoms with Crippen molar-refractivity contribution in [3.05, 3.63) is 69.8 Å². The summed E-state index contributed by atoms with van der Waals surface area (Å²) in [5.41, 5.74) is 7.34. The molecule has 0 unspecified atom stereocenters. The van der Waals surface area contributed by atoms with Crippen molar-refractivity contribution in [2.45, 2.75) is 53.5 Å². The lowest BCUT2D eigenvalue weighted by atomic mass is 9.96. The molecule has 0 heterocycles. The summed E-state index contributed by atoms with van der Waals surface area (Å²) in [6.45, 7) is 10.5. The van der Waals surface area contributed by atoms with E-state index in [0.29, 0.717) is 6.42 Å². The molecule has 1 amide bonds. The van der Waals surface area contributed by atoms with Crippen molar-refractivity contribution in [1.82, 2.24) is 5.32 Å². The largest absolute Gasteiger partial charge is 0.349 e. The molecule has 23 heavy (non-hydrogen) atoms. The molecule has 0 fully saturated rings. The topological polar surface area (TPSA) is 29.1 Å². The molecule has 122 valence electrons. The summed E-state index contributed by atoms with van der Waals surface area (Å²) in [5.74, 6) is 0.0689. The van der Waals surface area contributed by atoms with Gasteiger partial charge in [-0.25, -0.2) is 0 Å². The SMILES string of the molecule is CCc1ccc(CC(=O)N[C@@H](C)c2cc(C)c(C)cc2C)cc1. The maximum atomic E-state index is 12.3. The number of hydrogen-bond acceptors (Lipinski definition) is 1. The van der Waals surface area contributed by atoms with E-state index in [1.54, 1.807) is 0 Å². The van der Waals surface area contributed by atoms with E-state index in [9.17, 15) is 4.79 Å². The van der Waals surface area contributed by atoms with Gasteiger partial charge >= 0.3 is 0 Å². The molecule has 0 aliphatic rings. The van der Waals surface area contributed by atoms with Gasteiger partial charge in [0.2, 0.25) is 5.91 Å². The average molecular weight is 309 g/mol. The molecule has 0 spiro atoms. The smallest absolute Gasteiger partial charge is 0.224 e.